The number of rotatable bonds is 8. The lowest BCUT2D eigenvalue weighted by molar-refractivity contribution is -0.119. The highest BCUT2D eigenvalue weighted by molar-refractivity contribution is 7.20. The summed E-state index contributed by atoms with van der Waals surface area (Å²) in [6, 6.07) is 6.66. The van der Waals surface area contributed by atoms with Crippen molar-refractivity contribution in [3.05, 3.63) is 62.0 Å². The predicted octanol–water partition coefficient (Wildman–Crippen LogP) is 3.91. The predicted molar refractivity (Wildman–Crippen MR) is 136 cm³/mol. The number of amides is 2. The van der Waals surface area contributed by atoms with Crippen molar-refractivity contribution in [1.82, 2.24) is 19.7 Å². The Bertz CT molecular complexity index is 1460. The van der Waals surface area contributed by atoms with Crippen LogP contribution in [0.1, 0.15) is 45.2 Å². The summed E-state index contributed by atoms with van der Waals surface area (Å²) in [5.74, 6) is -0.708. The molecule has 0 aliphatic carbocycles. The van der Waals surface area contributed by atoms with Crippen molar-refractivity contribution in [3.8, 4) is 0 Å². The van der Waals surface area contributed by atoms with Crippen LogP contribution in [-0.2, 0) is 16.1 Å². The maximum absolute atomic E-state index is 13.4. The van der Waals surface area contributed by atoms with Crippen LogP contribution in [-0.4, -0.2) is 38.7 Å². The quantitative estimate of drug-likeness (QED) is 0.366. The van der Waals surface area contributed by atoms with E-state index in [0.29, 0.717) is 49.5 Å². The molecule has 4 aromatic rings. The maximum Gasteiger partial charge on any atom is 0.266 e. The molecule has 1 unspecified atom stereocenters. The molecule has 0 saturated carbocycles. The van der Waals surface area contributed by atoms with E-state index in [1.807, 2.05) is 31.2 Å². The van der Waals surface area contributed by atoms with E-state index < -0.39 is 11.9 Å². The van der Waals surface area contributed by atoms with Crippen molar-refractivity contribution in [2.75, 3.05) is 17.7 Å². The Morgan fingerprint density at radius 1 is 1.14 bits per heavy atom. The molecule has 1 aromatic carbocycles. The third kappa shape index (κ3) is 4.99. The van der Waals surface area contributed by atoms with E-state index in [0.717, 1.165) is 16.9 Å². The molecule has 0 aliphatic rings. The molecule has 1 atom stereocenters. The van der Waals surface area contributed by atoms with E-state index in [4.69, 9.17) is 4.74 Å². The number of ether oxygens (including phenoxy) is 1. The fraction of sp³-hybridized carbons (Fsp3) is 0.304. The largest absolute Gasteiger partial charge is 0.377 e. The van der Waals surface area contributed by atoms with Gasteiger partial charge in [0.05, 0.1) is 16.6 Å². The zero-order chi connectivity index (χ0) is 25.1. The third-order valence-electron chi connectivity index (χ3n) is 5.47. The van der Waals surface area contributed by atoms with Gasteiger partial charge >= 0.3 is 0 Å². The Morgan fingerprint density at radius 2 is 1.91 bits per heavy atom. The number of fused-ring (bicyclic) bond motifs is 1. The van der Waals surface area contributed by atoms with Gasteiger partial charge in [0.1, 0.15) is 22.5 Å². The topological polar surface area (TPSA) is 128 Å². The summed E-state index contributed by atoms with van der Waals surface area (Å²) in [5, 5.41) is 14.8. The SMILES string of the molecule is CCC(C(=O)Nc1nnc(COC)s1)n1cnc2sc(C(=O)Nc3ccccc3C)c(C)c2c1=O. The molecule has 4 rings (SSSR count). The van der Waals surface area contributed by atoms with Crippen LogP contribution >= 0.6 is 22.7 Å². The molecule has 0 fully saturated rings. The van der Waals surface area contributed by atoms with Gasteiger partial charge in [-0.05, 0) is 37.5 Å². The monoisotopic (exact) mass is 512 g/mol. The molecular weight excluding hydrogens is 488 g/mol. The van der Waals surface area contributed by atoms with Crippen molar-refractivity contribution < 1.29 is 14.3 Å². The molecule has 3 heterocycles. The van der Waals surface area contributed by atoms with Gasteiger partial charge in [-0.2, -0.15) is 0 Å². The number of methoxy groups -OCH3 is 1. The van der Waals surface area contributed by atoms with Crippen LogP contribution in [0.15, 0.2) is 35.4 Å². The van der Waals surface area contributed by atoms with Gasteiger partial charge in [0.15, 0.2) is 0 Å². The maximum atomic E-state index is 13.4. The van der Waals surface area contributed by atoms with Gasteiger partial charge in [-0.3, -0.25) is 24.3 Å². The minimum absolute atomic E-state index is 0.294. The molecular formula is C23H24N6O4S2. The van der Waals surface area contributed by atoms with E-state index in [1.54, 1.807) is 21.0 Å². The summed E-state index contributed by atoms with van der Waals surface area (Å²) in [7, 11) is 1.55. The van der Waals surface area contributed by atoms with Crippen LogP contribution < -0.4 is 16.2 Å². The lowest BCUT2D eigenvalue weighted by Gasteiger charge is -2.16. The number of thiophene rings is 1. The first-order chi connectivity index (χ1) is 16.8. The van der Waals surface area contributed by atoms with Crippen molar-refractivity contribution >= 4 is 55.5 Å². The number of hydrogen-bond donors (Lipinski definition) is 2. The molecule has 0 spiro atoms. The minimum Gasteiger partial charge on any atom is -0.377 e. The van der Waals surface area contributed by atoms with E-state index in [9.17, 15) is 14.4 Å². The lowest BCUT2D eigenvalue weighted by Crippen LogP contribution is -2.33. The Balaban J connectivity index is 1.63. The molecule has 0 aliphatic heterocycles. The van der Waals surface area contributed by atoms with Crippen molar-refractivity contribution in [1.29, 1.82) is 0 Å². The number of nitrogens with zero attached hydrogens (tertiary/aromatic N) is 4. The van der Waals surface area contributed by atoms with Crippen LogP contribution in [0, 0.1) is 13.8 Å². The van der Waals surface area contributed by atoms with Crippen LogP contribution in [0.5, 0.6) is 0 Å². The van der Waals surface area contributed by atoms with Gasteiger partial charge in [0.25, 0.3) is 11.5 Å². The van der Waals surface area contributed by atoms with E-state index in [1.165, 1.54) is 22.2 Å². The molecule has 0 saturated heterocycles. The molecule has 10 nitrogen and oxygen atoms in total. The fourth-order valence-electron chi connectivity index (χ4n) is 3.65. The molecule has 3 aromatic heterocycles. The summed E-state index contributed by atoms with van der Waals surface area (Å²) >= 11 is 2.35. The van der Waals surface area contributed by atoms with E-state index >= 15 is 0 Å². The molecule has 2 N–H and O–H groups in total. The standard InChI is InChI=1S/C23H24N6O4S2/c1-5-15(19(30)26-23-28-27-16(34-23)10-33-4)29-11-24-21-17(22(29)32)13(3)18(35-21)20(31)25-14-9-7-6-8-12(14)2/h6-9,11,15H,5,10H2,1-4H3,(H,25,31)(H,26,28,30). The van der Waals surface area contributed by atoms with Crippen LogP contribution in [0.25, 0.3) is 10.2 Å². The highest BCUT2D eigenvalue weighted by atomic mass is 32.1. The van der Waals surface area contributed by atoms with Gasteiger partial charge < -0.3 is 10.1 Å². The molecule has 182 valence electrons. The molecule has 35 heavy (non-hydrogen) atoms. The molecule has 0 radical (unpaired) electrons. The second-order valence-electron chi connectivity index (χ2n) is 7.81. The number of nitrogens with one attached hydrogen (secondary N) is 2. The van der Waals surface area contributed by atoms with Gasteiger partial charge in [0, 0.05) is 12.8 Å². The average Bonchev–Trinajstić information content (AvgIpc) is 3.41. The third-order valence-corrected chi connectivity index (χ3v) is 7.48. The van der Waals surface area contributed by atoms with Crippen molar-refractivity contribution in [3.63, 3.8) is 0 Å². The van der Waals surface area contributed by atoms with Gasteiger partial charge in [0.2, 0.25) is 11.0 Å². The first-order valence-corrected chi connectivity index (χ1v) is 12.5. The summed E-state index contributed by atoms with van der Waals surface area (Å²) < 4.78 is 6.33. The molecule has 0 bridgehead atoms. The van der Waals surface area contributed by atoms with Crippen molar-refractivity contribution in [2.45, 2.75) is 39.8 Å². The number of aryl methyl sites for hydroxylation is 2. The highest BCUT2D eigenvalue weighted by Gasteiger charge is 2.25. The number of hydrogen-bond acceptors (Lipinski definition) is 9. The van der Waals surface area contributed by atoms with Gasteiger partial charge in [-0.15, -0.1) is 21.5 Å². The first-order valence-electron chi connectivity index (χ1n) is 10.8. The van der Waals surface area contributed by atoms with Crippen LogP contribution in [0.3, 0.4) is 0 Å². The summed E-state index contributed by atoms with van der Waals surface area (Å²) in [4.78, 5) is 44.6. The number of carbonyl (C=O) groups excluding carboxylic acids is 2. The van der Waals surface area contributed by atoms with Crippen LogP contribution in [0.4, 0.5) is 10.8 Å². The Kier molecular flexibility index (Phi) is 7.34. The number of anilines is 2. The molecule has 2 amide bonds. The minimum atomic E-state index is -0.808. The number of benzene rings is 1. The number of para-hydroxylation sites is 1. The second-order valence-corrected chi connectivity index (χ2v) is 9.87. The second kappa shape index (κ2) is 10.4. The summed E-state index contributed by atoms with van der Waals surface area (Å²) in [6.45, 7) is 5.73. The Hall–Kier alpha value is -3.48. The van der Waals surface area contributed by atoms with Gasteiger partial charge in [-0.1, -0.05) is 36.5 Å². The fourth-order valence-corrected chi connectivity index (χ4v) is 5.40. The summed E-state index contributed by atoms with van der Waals surface area (Å²) in [5.41, 5.74) is 1.79. The highest BCUT2D eigenvalue weighted by Crippen LogP contribution is 2.29. The zero-order valence-electron chi connectivity index (χ0n) is 19.6. The average molecular weight is 513 g/mol. The molecule has 12 heteroatoms. The zero-order valence-corrected chi connectivity index (χ0v) is 21.2. The van der Waals surface area contributed by atoms with E-state index in [-0.39, 0.29) is 11.5 Å². The Morgan fingerprint density at radius 3 is 2.63 bits per heavy atom. The first kappa shape index (κ1) is 24.6. The number of carbonyl (C=O) groups is 2. The Labute approximate surface area is 209 Å². The smallest absolute Gasteiger partial charge is 0.266 e. The lowest BCUT2D eigenvalue weighted by atomic mass is 10.1. The van der Waals surface area contributed by atoms with Gasteiger partial charge in [-0.25, -0.2) is 4.98 Å². The normalized spacial score (nSPS) is 12.0. The van der Waals surface area contributed by atoms with Crippen LogP contribution in [0.2, 0.25) is 0 Å². The van der Waals surface area contributed by atoms with Crippen molar-refractivity contribution in [2.24, 2.45) is 0 Å². The van der Waals surface area contributed by atoms with E-state index in [2.05, 4.69) is 25.8 Å². The summed E-state index contributed by atoms with van der Waals surface area (Å²) in [6.07, 6.45) is 1.71. The number of aromatic nitrogens is 4.